The number of ether oxygens (including phenoxy) is 3. The van der Waals surface area contributed by atoms with Crippen molar-refractivity contribution in [3.8, 4) is 5.75 Å². The number of Topliss-reactive ketones (excluding diaryl/α,β-unsaturated/α-hetero) is 1. The molecule has 3 aromatic rings. The smallest absolute Gasteiger partial charge is 0.434 e. The third-order valence-corrected chi connectivity index (χ3v) is 4.86. The van der Waals surface area contributed by atoms with Gasteiger partial charge in [-0.05, 0) is 25.1 Å². The standard InChI is InChI=1S/C20H21N3O6/c1-2-28-20(26)29-16-10-21-18-17(16)13-9-12(3-4-14(13)22-19(18)25)15(24)11-23-5-7-27-8-6-23/h3-4,9-10,21H,2,5-8,11H2,1H3,(H,22,25). The lowest BCUT2D eigenvalue weighted by Crippen LogP contribution is -2.39. The molecular formula is C20H21N3O6. The van der Waals surface area contributed by atoms with Crippen LogP contribution in [0.3, 0.4) is 0 Å². The first-order valence-corrected chi connectivity index (χ1v) is 9.42. The number of aromatic amines is 2. The van der Waals surface area contributed by atoms with E-state index in [1.54, 1.807) is 25.1 Å². The normalized spacial score (nSPS) is 14.9. The Morgan fingerprint density at radius 2 is 2.03 bits per heavy atom. The van der Waals surface area contributed by atoms with E-state index < -0.39 is 6.16 Å². The maximum atomic E-state index is 12.8. The summed E-state index contributed by atoms with van der Waals surface area (Å²) in [6.07, 6.45) is 0.569. The van der Waals surface area contributed by atoms with E-state index >= 15 is 0 Å². The van der Waals surface area contributed by atoms with E-state index in [9.17, 15) is 14.4 Å². The summed E-state index contributed by atoms with van der Waals surface area (Å²) in [5.74, 6) is 0.142. The molecule has 4 rings (SSSR count). The van der Waals surface area contributed by atoms with E-state index in [0.29, 0.717) is 54.7 Å². The minimum absolute atomic E-state index is 0.0310. The zero-order valence-electron chi connectivity index (χ0n) is 15.9. The Hall–Kier alpha value is -3.17. The molecule has 0 aliphatic carbocycles. The van der Waals surface area contributed by atoms with Crippen LogP contribution in [0.2, 0.25) is 0 Å². The number of rotatable bonds is 5. The molecule has 1 fully saturated rings. The van der Waals surface area contributed by atoms with Crippen LogP contribution in [0.25, 0.3) is 21.8 Å². The lowest BCUT2D eigenvalue weighted by Gasteiger charge is -2.25. The number of ketones is 1. The van der Waals surface area contributed by atoms with Crippen LogP contribution in [0.4, 0.5) is 4.79 Å². The number of H-pyrrole nitrogens is 2. The summed E-state index contributed by atoms with van der Waals surface area (Å²) >= 11 is 0. The molecule has 1 aromatic carbocycles. The molecule has 2 aromatic heterocycles. The number of carbonyl (C=O) groups is 2. The second-order valence-corrected chi connectivity index (χ2v) is 6.71. The molecule has 0 amide bonds. The monoisotopic (exact) mass is 399 g/mol. The van der Waals surface area contributed by atoms with Crippen molar-refractivity contribution in [2.45, 2.75) is 6.92 Å². The van der Waals surface area contributed by atoms with Gasteiger partial charge in [-0.15, -0.1) is 0 Å². The van der Waals surface area contributed by atoms with Gasteiger partial charge >= 0.3 is 6.16 Å². The third-order valence-electron chi connectivity index (χ3n) is 4.86. The van der Waals surface area contributed by atoms with Crippen molar-refractivity contribution in [2.24, 2.45) is 0 Å². The average Bonchev–Trinajstić information content (AvgIpc) is 3.13. The van der Waals surface area contributed by atoms with Crippen molar-refractivity contribution in [3.05, 3.63) is 40.3 Å². The highest BCUT2D eigenvalue weighted by atomic mass is 16.7. The summed E-state index contributed by atoms with van der Waals surface area (Å²) in [7, 11) is 0. The molecule has 29 heavy (non-hydrogen) atoms. The minimum atomic E-state index is -0.860. The number of pyridine rings is 1. The van der Waals surface area contributed by atoms with Gasteiger partial charge in [0.05, 0.1) is 31.8 Å². The molecule has 0 unspecified atom stereocenters. The van der Waals surface area contributed by atoms with Crippen LogP contribution in [0, 0.1) is 0 Å². The fourth-order valence-electron chi connectivity index (χ4n) is 3.44. The number of aromatic nitrogens is 2. The van der Waals surface area contributed by atoms with Crippen molar-refractivity contribution >= 4 is 33.7 Å². The predicted octanol–water partition coefficient (Wildman–Crippen LogP) is 2.06. The number of carbonyl (C=O) groups excluding carboxylic acids is 2. The number of nitrogens with one attached hydrogen (secondary N) is 2. The largest absolute Gasteiger partial charge is 0.513 e. The molecule has 2 N–H and O–H groups in total. The highest BCUT2D eigenvalue weighted by Crippen LogP contribution is 2.31. The molecule has 0 saturated carbocycles. The second kappa shape index (κ2) is 8.06. The van der Waals surface area contributed by atoms with Gasteiger partial charge in [0.2, 0.25) is 0 Å². The summed E-state index contributed by atoms with van der Waals surface area (Å²) in [6.45, 7) is 4.79. The first-order chi connectivity index (χ1) is 14.1. The van der Waals surface area contributed by atoms with Gasteiger partial charge in [-0.1, -0.05) is 0 Å². The van der Waals surface area contributed by atoms with Gasteiger partial charge in [0, 0.05) is 35.8 Å². The van der Waals surface area contributed by atoms with Crippen molar-refractivity contribution < 1.29 is 23.8 Å². The minimum Gasteiger partial charge on any atom is -0.434 e. The van der Waals surface area contributed by atoms with Gasteiger partial charge in [-0.25, -0.2) is 4.79 Å². The summed E-state index contributed by atoms with van der Waals surface area (Å²) in [5.41, 5.74) is 0.965. The topological polar surface area (TPSA) is 114 Å². The first-order valence-electron chi connectivity index (χ1n) is 9.42. The van der Waals surface area contributed by atoms with Crippen LogP contribution in [-0.2, 0) is 9.47 Å². The maximum absolute atomic E-state index is 12.8. The number of morpholine rings is 1. The lowest BCUT2D eigenvalue weighted by molar-refractivity contribution is 0.0371. The average molecular weight is 399 g/mol. The van der Waals surface area contributed by atoms with Gasteiger partial charge in [0.1, 0.15) is 5.52 Å². The Balaban J connectivity index is 1.74. The van der Waals surface area contributed by atoms with Crippen molar-refractivity contribution in [2.75, 3.05) is 39.5 Å². The first kappa shape index (κ1) is 19.2. The Morgan fingerprint density at radius 1 is 1.24 bits per heavy atom. The van der Waals surface area contributed by atoms with Gasteiger partial charge < -0.3 is 24.2 Å². The number of fused-ring (bicyclic) bond motifs is 3. The van der Waals surface area contributed by atoms with Gasteiger partial charge in [-0.3, -0.25) is 14.5 Å². The quantitative estimate of drug-likeness (QED) is 0.499. The summed E-state index contributed by atoms with van der Waals surface area (Å²) in [4.78, 5) is 44.5. The Labute approximate surface area is 165 Å². The van der Waals surface area contributed by atoms with E-state index in [-0.39, 0.29) is 29.2 Å². The molecule has 0 radical (unpaired) electrons. The van der Waals surface area contributed by atoms with Crippen LogP contribution in [0.5, 0.6) is 5.75 Å². The maximum Gasteiger partial charge on any atom is 0.513 e. The van der Waals surface area contributed by atoms with Crippen LogP contribution in [-0.4, -0.2) is 66.3 Å². The molecule has 1 aliphatic rings. The molecule has 0 spiro atoms. The van der Waals surface area contributed by atoms with Crippen molar-refractivity contribution in [3.63, 3.8) is 0 Å². The number of benzene rings is 1. The SMILES string of the molecule is CCOC(=O)Oc1c[nH]c2c(=O)[nH]c3ccc(C(=O)CN4CCOCC4)cc3c12. The Bertz CT molecular complexity index is 1130. The van der Waals surface area contributed by atoms with Gasteiger partial charge in [-0.2, -0.15) is 0 Å². The van der Waals surface area contributed by atoms with Crippen LogP contribution in [0.1, 0.15) is 17.3 Å². The zero-order chi connectivity index (χ0) is 20.4. The molecule has 9 nitrogen and oxygen atoms in total. The highest BCUT2D eigenvalue weighted by molar-refractivity contribution is 6.11. The van der Waals surface area contributed by atoms with Crippen LogP contribution >= 0.6 is 0 Å². The summed E-state index contributed by atoms with van der Waals surface area (Å²) in [5, 5.41) is 1.03. The number of hydrogen-bond acceptors (Lipinski definition) is 7. The van der Waals surface area contributed by atoms with E-state index in [2.05, 4.69) is 9.97 Å². The van der Waals surface area contributed by atoms with E-state index in [1.807, 2.05) is 4.90 Å². The molecule has 1 aliphatic heterocycles. The molecule has 3 heterocycles. The van der Waals surface area contributed by atoms with Crippen LogP contribution < -0.4 is 10.3 Å². The molecule has 9 heteroatoms. The van der Waals surface area contributed by atoms with Gasteiger partial charge in [0.15, 0.2) is 11.5 Å². The fourth-order valence-corrected chi connectivity index (χ4v) is 3.44. The second-order valence-electron chi connectivity index (χ2n) is 6.71. The fraction of sp³-hybridized carbons (Fsp3) is 0.350. The highest BCUT2D eigenvalue weighted by Gasteiger charge is 2.19. The van der Waals surface area contributed by atoms with E-state index in [0.717, 1.165) is 0 Å². The zero-order valence-corrected chi connectivity index (χ0v) is 15.9. The Morgan fingerprint density at radius 3 is 2.79 bits per heavy atom. The van der Waals surface area contributed by atoms with E-state index in [4.69, 9.17) is 14.2 Å². The lowest BCUT2D eigenvalue weighted by atomic mass is 10.0. The molecule has 152 valence electrons. The number of nitrogens with zero attached hydrogens (tertiary/aromatic N) is 1. The van der Waals surface area contributed by atoms with Gasteiger partial charge in [0.25, 0.3) is 5.56 Å². The molecule has 0 bridgehead atoms. The molecular weight excluding hydrogens is 378 g/mol. The van der Waals surface area contributed by atoms with Crippen molar-refractivity contribution in [1.82, 2.24) is 14.9 Å². The number of hydrogen-bond donors (Lipinski definition) is 2. The van der Waals surface area contributed by atoms with Crippen LogP contribution in [0.15, 0.2) is 29.2 Å². The predicted molar refractivity (Wildman–Crippen MR) is 106 cm³/mol. The van der Waals surface area contributed by atoms with Crippen molar-refractivity contribution in [1.29, 1.82) is 0 Å². The molecule has 1 saturated heterocycles. The summed E-state index contributed by atoms with van der Waals surface area (Å²) < 4.78 is 15.4. The summed E-state index contributed by atoms with van der Waals surface area (Å²) in [6, 6.07) is 5.08. The third kappa shape index (κ3) is 3.87. The Kier molecular flexibility index (Phi) is 5.32. The molecule has 0 atom stereocenters. The van der Waals surface area contributed by atoms with E-state index in [1.165, 1.54) is 6.20 Å².